The third kappa shape index (κ3) is 2.42. The molecular formula is C9H19FN2. The van der Waals surface area contributed by atoms with Crippen molar-refractivity contribution in [2.45, 2.75) is 26.1 Å². The van der Waals surface area contributed by atoms with Gasteiger partial charge in [-0.05, 0) is 13.0 Å². The van der Waals surface area contributed by atoms with Crippen molar-refractivity contribution in [1.82, 2.24) is 10.2 Å². The van der Waals surface area contributed by atoms with E-state index in [0.717, 1.165) is 6.54 Å². The predicted octanol–water partition coefficient (Wildman–Crippen LogP) is 0.884. The highest BCUT2D eigenvalue weighted by atomic mass is 19.1. The van der Waals surface area contributed by atoms with E-state index in [1.165, 1.54) is 0 Å². The minimum atomic E-state index is -0.574. The Balaban J connectivity index is 2.19. The average Bonchev–Trinajstić information content (AvgIpc) is 1.95. The number of likely N-dealkylation sites (N-methyl/N-ethyl adjacent to an activating group) is 1. The van der Waals surface area contributed by atoms with Gasteiger partial charge in [-0.1, -0.05) is 13.8 Å². The molecule has 1 saturated heterocycles. The molecule has 3 heteroatoms. The molecule has 1 aliphatic rings. The first-order chi connectivity index (χ1) is 5.63. The Bertz CT molecular complexity index is 132. The molecule has 0 aromatic rings. The van der Waals surface area contributed by atoms with E-state index in [9.17, 15) is 4.39 Å². The fourth-order valence-corrected chi connectivity index (χ4v) is 1.57. The smallest absolute Gasteiger partial charge is 0.125 e. The summed E-state index contributed by atoms with van der Waals surface area (Å²) in [6.45, 7) is 6.62. The second-order valence-electron chi connectivity index (χ2n) is 3.96. The molecule has 1 aliphatic heterocycles. The van der Waals surface area contributed by atoms with Crippen LogP contribution < -0.4 is 5.32 Å². The van der Waals surface area contributed by atoms with Gasteiger partial charge in [0.1, 0.15) is 6.17 Å². The molecule has 12 heavy (non-hydrogen) atoms. The first kappa shape index (κ1) is 9.93. The Morgan fingerprint density at radius 3 is 2.42 bits per heavy atom. The van der Waals surface area contributed by atoms with Crippen LogP contribution in [0.1, 0.15) is 13.8 Å². The highest BCUT2D eigenvalue weighted by molar-refractivity contribution is 4.83. The lowest BCUT2D eigenvalue weighted by Crippen LogP contribution is -2.54. The molecule has 0 aliphatic carbocycles. The summed E-state index contributed by atoms with van der Waals surface area (Å²) in [6, 6.07) is 0.498. The number of hydrogen-bond donors (Lipinski definition) is 1. The van der Waals surface area contributed by atoms with Crippen molar-refractivity contribution in [1.29, 1.82) is 0 Å². The van der Waals surface area contributed by atoms with Gasteiger partial charge in [0.2, 0.25) is 0 Å². The third-order valence-corrected chi connectivity index (χ3v) is 2.54. The fraction of sp³-hybridized carbons (Fsp3) is 1.00. The zero-order valence-corrected chi connectivity index (χ0v) is 8.18. The molecule has 2 nitrogen and oxygen atoms in total. The van der Waals surface area contributed by atoms with Crippen LogP contribution in [0.4, 0.5) is 4.39 Å². The zero-order chi connectivity index (χ0) is 9.14. The largest absolute Gasteiger partial charge is 0.315 e. The number of likely N-dealkylation sites (tertiary alicyclic amines) is 1. The van der Waals surface area contributed by atoms with E-state index < -0.39 is 6.17 Å². The molecule has 0 amide bonds. The normalized spacial score (nSPS) is 22.8. The number of nitrogens with zero attached hydrogens (tertiary/aromatic N) is 1. The summed E-state index contributed by atoms with van der Waals surface area (Å²) in [4.78, 5) is 2.16. The lowest BCUT2D eigenvalue weighted by Gasteiger charge is -2.37. The Labute approximate surface area is 74.1 Å². The molecule has 1 heterocycles. The molecule has 0 bridgehead atoms. The highest BCUT2D eigenvalue weighted by Crippen LogP contribution is 2.13. The maximum absolute atomic E-state index is 12.5. The Morgan fingerprint density at radius 1 is 1.50 bits per heavy atom. The van der Waals surface area contributed by atoms with Gasteiger partial charge in [0.15, 0.2) is 0 Å². The van der Waals surface area contributed by atoms with Crippen LogP contribution in [0.2, 0.25) is 0 Å². The quantitative estimate of drug-likeness (QED) is 0.680. The van der Waals surface area contributed by atoms with Crippen molar-refractivity contribution >= 4 is 0 Å². The van der Waals surface area contributed by atoms with Crippen molar-refractivity contribution in [3.63, 3.8) is 0 Å². The van der Waals surface area contributed by atoms with Gasteiger partial charge in [0, 0.05) is 25.7 Å². The molecule has 0 spiro atoms. The van der Waals surface area contributed by atoms with Gasteiger partial charge in [-0.25, -0.2) is 4.39 Å². The van der Waals surface area contributed by atoms with E-state index in [1.807, 2.05) is 7.05 Å². The van der Waals surface area contributed by atoms with Crippen LogP contribution in [0.25, 0.3) is 0 Å². The highest BCUT2D eigenvalue weighted by Gasteiger charge is 2.28. The van der Waals surface area contributed by atoms with Crippen LogP contribution in [0, 0.1) is 5.92 Å². The van der Waals surface area contributed by atoms with E-state index in [1.54, 1.807) is 0 Å². The van der Waals surface area contributed by atoms with Crippen molar-refractivity contribution in [2.24, 2.45) is 5.92 Å². The summed E-state index contributed by atoms with van der Waals surface area (Å²) < 4.78 is 12.5. The van der Waals surface area contributed by atoms with Gasteiger partial charge >= 0.3 is 0 Å². The van der Waals surface area contributed by atoms with E-state index in [0.29, 0.717) is 25.0 Å². The molecule has 72 valence electrons. The van der Waals surface area contributed by atoms with Gasteiger partial charge in [-0.2, -0.15) is 0 Å². The Morgan fingerprint density at radius 2 is 2.08 bits per heavy atom. The average molecular weight is 174 g/mol. The van der Waals surface area contributed by atoms with Crippen molar-refractivity contribution in [3.8, 4) is 0 Å². The maximum atomic E-state index is 12.5. The molecule has 0 unspecified atom stereocenters. The lowest BCUT2D eigenvalue weighted by molar-refractivity contribution is 0.0528. The number of rotatable bonds is 4. The molecule has 0 aromatic carbocycles. The monoisotopic (exact) mass is 174 g/mol. The maximum Gasteiger partial charge on any atom is 0.125 e. The fourth-order valence-electron chi connectivity index (χ4n) is 1.57. The van der Waals surface area contributed by atoms with Gasteiger partial charge < -0.3 is 5.32 Å². The van der Waals surface area contributed by atoms with Crippen LogP contribution in [0.3, 0.4) is 0 Å². The van der Waals surface area contributed by atoms with Crippen LogP contribution in [0.5, 0.6) is 0 Å². The standard InChI is InChI=1S/C9H19FN2/c1-7(2)9(11-3)6-12-4-8(10)5-12/h7-9,11H,4-6H2,1-3H3/t9-/m1/s1. The van der Waals surface area contributed by atoms with Crippen molar-refractivity contribution < 1.29 is 4.39 Å². The summed E-state index contributed by atoms with van der Waals surface area (Å²) in [5.41, 5.74) is 0. The lowest BCUT2D eigenvalue weighted by atomic mass is 10.0. The molecular weight excluding hydrogens is 155 g/mol. The van der Waals surface area contributed by atoms with Gasteiger partial charge in [-0.3, -0.25) is 4.90 Å². The predicted molar refractivity (Wildman–Crippen MR) is 49.0 cm³/mol. The molecule has 0 radical (unpaired) electrons. The van der Waals surface area contributed by atoms with Crippen molar-refractivity contribution in [2.75, 3.05) is 26.7 Å². The van der Waals surface area contributed by atoms with Crippen LogP contribution >= 0.6 is 0 Å². The zero-order valence-electron chi connectivity index (χ0n) is 8.18. The summed E-state index contributed by atoms with van der Waals surface area (Å²) in [7, 11) is 1.97. The third-order valence-electron chi connectivity index (χ3n) is 2.54. The number of halogens is 1. The second-order valence-corrected chi connectivity index (χ2v) is 3.96. The molecule has 1 fully saturated rings. The minimum Gasteiger partial charge on any atom is -0.315 e. The Kier molecular flexibility index (Phi) is 3.47. The summed E-state index contributed by atoms with van der Waals surface area (Å²) in [5, 5.41) is 3.25. The van der Waals surface area contributed by atoms with Crippen LogP contribution in [-0.4, -0.2) is 43.8 Å². The first-order valence-electron chi connectivity index (χ1n) is 4.67. The minimum absolute atomic E-state index is 0.498. The van der Waals surface area contributed by atoms with E-state index in [4.69, 9.17) is 0 Å². The molecule has 0 aromatic heterocycles. The molecule has 0 saturated carbocycles. The van der Waals surface area contributed by atoms with E-state index >= 15 is 0 Å². The van der Waals surface area contributed by atoms with E-state index in [2.05, 4.69) is 24.1 Å². The van der Waals surface area contributed by atoms with Crippen LogP contribution in [-0.2, 0) is 0 Å². The topological polar surface area (TPSA) is 15.3 Å². The number of hydrogen-bond acceptors (Lipinski definition) is 2. The van der Waals surface area contributed by atoms with Gasteiger partial charge in [-0.15, -0.1) is 0 Å². The van der Waals surface area contributed by atoms with E-state index in [-0.39, 0.29) is 0 Å². The summed E-state index contributed by atoms with van der Waals surface area (Å²) in [6.07, 6.45) is -0.574. The number of alkyl halides is 1. The second kappa shape index (κ2) is 4.19. The molecule has 1 N–H and O–H groups in total. The first-order valence-corrected chi connectivity index (χ1v) is 4.67. The molecule has 1 rings (SSSR count). The summed E-state index contributed by atoms with van der Waals surface area (Å²) in [5.74, 6) is 0.619. The SMILES string of the molecule is CN[C@H](CN1CC(F)C1)C(C)C. The number of nitrogens with one attached hydrogen (secondary N) is 1. The van der Waals surface area contributed by atoms with Crippen LogP contribution in [0.15, 0.2) is 0 Å². The summed E-state index contributed by atoms with van der Waals surface area (Å²) >= 11 is 0. The van der Waals surface area contributed by atoms with Gasteiger partial charge in [0.25, 0.3) is 0 Å². The van der Waals surface area contributed by atoms with Gasteiger partial charge in [0.05, 0.1) is 0 Å². The van der Waals surface area contributed by atoms with Crippen molar-refractivity contribution in [3.05, 3.63) is 0 Å². The Hall–Kier alpha value is -0.150. The molecule has 1 atom stereocenters.